The molecule has 1 fully saturated rings. The maximum Gasteiger partial charge on any atom is 0.159 e. The predicted molar refractivity (Wildman–Crippen MR) is 140 cm³/mol. The number of unbranched alkanes of at least 4 members (excludes halogenated alkanes) is 5. The Morgan fingerprint density at radius 3 is 2.14 bits per heavy atom. The standard InChI is InChI=1S/C31H36FN3/c1-2-3-4-5-6-7-8-23-9-11-24(12-10-23)25-13-15-26(16-14-25)29-21-34-31(35-22-29)27-17-18-28(20-33)30(32)19-27/h13-19,21-24H,2-12H2,1H3. The highest BCUT2D eigenvalue weighted by molar-refractivity contribution is 5.64. The molecule has 4 heteroatoms. The van der Waals surface area contributed by atoms with E-state index in [-0.39, 0.29) is 5.56 Å². The molecule has 1 saturated carbocycles. The maximum absolute atomic E-state index is 13.9. The first-order valence-corrected chi connectivity index (χ1v) is 13.3. The first-order valence-electron chi connectivity index (χ1n) is 13.3. The Balaban J connectivity index is 1.28. The minimum atomic E-state index is -0.551. The Kier molecular flexibility index (Phi) is 9.01. The van der Waals surface area contributed by atoms with Crippen LogP contribution in [0.2, 0.25) is 0 Å². The van der Waals surface area contributed by atoms with Crippen LogP contribution in [0.25, 0.3) is 22.5 Å². The van der Waals surface area contributed by atoms with Gasteiger partial charge >= 0.3 is 0 Å². The Bertz CT molecular complexity index is 1110. The summed E-state index contributed by atoms with van der Waals surface area (Å²) in [7, 11) is 0. The highest BCUT2D eigenvalue weighted by atomic mass is 19.1. The van der Waals surface area contributed by atoms with Gasteiger partial charge in [-0.05, 0) is 66.8 Å². The quantitative estimate of drug-likeness (QED) is 0.279. The number of rotatable bonds is 10. The summed E-state index contributed by atoms with van der Waals surface area (Å²) in [6.07, 6.45) is 18.7. The van der Waals surface area contributed by atoms with Gasteiger partial charge in [-0.3, -0.25) is 0 Å². The van der Waals surface area contributed by atoms with Gasteiger partial charge in [0.1, 0.15) is 11.9 Å². The fraction of sp³-hybridized carbons (Fsp3) is 0.452. The van der Waals surface area contributed by atoms with Crippen molar-refractivity contribution in [2.24, 2.45) is 5.92 Å². The Morgan fingerprint density at radius 1 is 0.829 bits per heavy atom. The van der Waals surface area contributed by atoms with E-state index in [4.69, 9.17) is 5.26 Å². The zero-order valence-corrected chi connectivity index (χ0v) is 20.8. The van der Waals surface area contributed by atoms with Crippen LogP contribution in [0.1, 0.15) is 94.6 Å². The van der Waals surface area contributed by atoms with Crippen LogP contribution < -0.4 is 0 Å². The van der Waals surface area contributed by atoms with Crippen molar-refractivity contribution in [3.63, 3.8) is 0 Å². The summed E-state index contributed by atoms with van der Waals surface area (Å²) in [5.74, 6) is 1.50. The molecule has 0 atom stereocenters. The van der Waals surface area contributed by atoms with Gasteiger partial charge in [0.05, 0.1) is 5.56 Å². The maximum atomic E-state index is 13.9. The molecule has 1 aliphatic rings. The molecule has 0 N–H and O–H groups in total. The average Bonchev–Trinajstić information content (AvgIpc) is 2.91. The smallest absolute Gasteiger partial charge is 0.159 e. The van der Waals surface area contributed by atoms with Gasteiger partial charge in [0, 0.05) is 23.5 Å². The third-order valence-electron chi connectivity index (χ3n) is 7.53. The summed E-state index contributed by atoms with van der Waals surface area (Å²) in [6.45, 7) is 2.28. The molecule has 0 aliphatic heterocycles. The van der Waals surface area contributed by atoms with E-state index in [0.717, 1.165) is 17.0 Å². The van der Waals surface area contributed by atoms with Crippen molar-refractivity contribution >= 4 is 0 Å². The van der Waals surface area contributed by atoms with Crippen LogP contribution in [0.15, 0.2) is 54.9 Å². The monoisotopic (exact) mass is 469 g/mol. The molecule has 1 aliphatic carbocycles. The fourth-order valence-corrected chi connectivity index (χ4v) is 5.32. The van der Waals surface area contributed by atoms with Crippen molar-refractivity contribution in [3.05, 3.63) is 71.8 Å². The van der Waals surface area contributed by atoms with E-state index in [1.165, 1.54) is 88.3 Å². The molecule has 0 radical (unpaired) electrons. The lowest BCUT2D eigenvalue weighted by atomic mass is 9.77. The Morgan fingerprint density at radius 2 is 1.49 bits per heavy atom. The number of aromatic nitrogens is 2. The first kappa shape index (κ1) is 25.0. The summed E-state index contributed by atoms with van der Waals surface area (Å²) in [6, 6.07) is 15.1. The molecule has 0 amide bonds. The van der Waals surface area contributed by atoms with Crippen molar-refractivity contribution in [1.29, 1.82) is 5.26 Å². The molecule has 0 saturated heterocycles. The van der Waals surface area contributed by atoms with Crippen LogP contribution in [0.4, 0.5) is 4.39 Å². The van der Waals surface area contributed by atoms with Crippen molar-refractivity contribution < 1.29 is 4.39 Å². The predicted octanol–water partition coefficient (Wildman–Crippen LogP) is 8.85. The second-order valence-electron chi connectivity index (χ2n) is 10.00. The summed E-state index contributed by atoms with van der Waals surface area (Å²) >= 11 is 0. The normalized spacial score (nSPS) is 17.7. The van der Waals surface area contributed by atoms with Gasteiger partial charge in [0.15, 0.2) is 5.82 Å². The van der Waals surface area contributed by atoms with Gasteiger partial charge in [-0.15, -0.1) is 0 Å². The number of hydrogen-bond donors (Lipinski definition) is 0. The van der Waals surface area contributed by atoms with Gasteiger partial charge in [-0.25, -0.2) is 14.4 Å². The molecule has 0 unspecified atom stereocenters. The van der Waals surface area contributed by atoms with Crippen LogP contribution >= 0.6 is 0 Å². The van der Waals surface area contributed by atoms with Crippen molar-refractivity contribution in [1.82, 2.24) is 9.97 Å². The van der Waals surface area contributed by atoms with Gasteiger partial charge in [0.25, 0.3) is 0 Å². The van der Waals surface area contributed by atoms with Crippen molar-refractivity contribution in [2.45, 2.75) is 83.5 Å². The number of halogens is 1. The molecule has 3 aromatic rings. The number of nitrogens with zero attached hydrogens (tertiary/aromatic N) is 3. The topological polar surface area (TPSA) is 49.6 Å². The van der Waals surface area contributed by atoms with Gasteiger partial charge < -0.3 is 0 Å². The van der Waals surface area contributed by atoms with E-state index in [1.807, 2.05) is 6.07 Å². The SMILES string of the molecule is CCCCCCCCC1CCC(c2ccc(-c3cnc(-c4ccc(C#N)c(F)c4)nc3)cc2)CC1. The molecule has 1 heterocycles. The van der Waals surface area contributed by atoms with E-state index in [9.17, 15) is 4.39 Å². The van der Waals surface area contributed by atoms with Gasteiger partial charge in [-0.1, -0.05) is 76.1 Å². The Hall–Kier alpha value is -3.06. The second kappa shape index (κ2) is 12.6. The average molecular weight is 470 g/mol. The zero-order chi connectivity index (χ0) is 24.5. The highest BCUT2D eigenvalue weighted by Gasteiger charge is 2.22. The first-order chi connectivity index (χ1) is 17.2. The van der Waals surface area contributed by atoms with Gasteiger partial charge in [0.2, 0.25) is 0 Å². The molecule has 0 spiro atoms. The van der Waals surface area contributed by atoms with E-state index < -0.39 is 5.82 Å². The third kappa shape index (κ3) is 6.75. The van der Waals surface area contributed by atoms with E-state index in [2.05, 4.69) is 41.2 Å². The highest BCUT2D eigenvalue weighted by Crippen LogP contribution is 2.38. The molecule has 4 rings (SSSR count). The lowest BCUT2D eigenvalue weighted by Crippen LogP contribution is -2.13. The van der Waals surface area contributed by atoms with Crippen molar-refractivity contribution in [2.75, 3.05) is 0 Å². The van der Waals surface area contributed by atoms with Crippen LogP contribution in [0, 0.1) is 23.1 Å². The van der Waals surface area contributed by atoms with Crippen LogP contribution in [-0.4, -0.2) is 9.97 Å². The second-order valence-corrected chi connectivity index (χ2v) is 10.00. The lowest BCUT2D eigenvalue weighted by Gasteiger charge is -2.29. The molecular formula is C31H36FN3. The van der Waals surface area contributed by atoms with E-state index in [0.29, 0.717) is 17.3 Å². The van der Waals surface area contributed by atoms with Crippen LogP contribution in [0.5, 0.6) is 0 Å². The number of hydrogen-bond acceptors (Lipinski definition) is 3. The van der Waals surface area contributed by atoms with E-state index >= 15 is 0 Å². The molecule has 182 valence electrons. The molecular weight excluding hydrogens is 433 g/mol. The summed E-state index contributed by atoms with van der Waals surface area (Å²) in [4.78, 5) is 8.85. The Labute approximate surface area is 209 Å². The van der Waals surface area contributed by atoms with Crippen molar-refractivity contribution in [3.8, 4) is 28.6 Å². The minimum absolute atomic E-state index is 0.0248. The largest absolute Gasteiger partial charge is 0.236 e. The number of benzene rings is 2. The molecule has 1 aromatic heterocycles. The molecule has 2 aromatic carbocycles. The summed E-state index contributed by atoms with van der Waals surface area (Å²) in [5.41, 5.74) is 4.06. The molecule has 0 bridgehead atoms. The summed E-state index contributed by atoms with van der Waals surface area (Å²) < 4.78 is 13.9. The lowest BCUT2D eigenvalue weighted by molar-refractivity contribution is 0.302. The fourth-order valence-electron chi connectivity index (χ4n) is 5.32. The summed E-state index contributed by atoms with van der Waals surface area (Å²) in [5, 5.41) is 8.90. The number of nitriles is 1. The molecule has 3 nitrogen and oxygen atoms in total. The zero-order valence-electron chi connectivity index (χ0n) is 20.8. The van der Waals surface area contributed by atoms with Gasteiger partial charge in [-0.2, -0.15) is 5.26 Å². The van der Waals surface area contributed by atoms with Crippen LogP contribution in [0.3, 0.4) is 0 Å². The molecule has 35 heavy (non-hydrogen) atoms. The van der Waals surface area contributed by atoms with E-state index in [1.54, 1.807) is 18.5 Å². The minimum Gasteiger partial charge on any atom is -0.236 e. The third-order valence-corrected chi connectivity index (χ3v) is 7.53. The van der Waals surface area contributed by atoms with Crippen LogP contribution in [-0.2, 0) is 0 Å².